The molecule has 2 aromatic rings. The SMILES string of the molecule is Cc1nn(C)c(C)c1CNCC1CCOc2ccccc21. The first-order chi connectivity index (χ1) is 10.2. The highest BCUT2D eigenvalue weighted by Gasteiger charge is 2.20. The fraction of sp³-hybridized carbons (Fsp3) is 0.471. The number of ether oxygens (including phenoxy) is 1. The Labute approximate surface area is 126 Å². The first-order valence-corrected chi connectivity index (χ1v) is 7.58. The van der Waals surface area contributed by atoms with Gasteiger partial charge in [-0.25, -0.2) is 0 Å². The average Bonchev–Trinajstić information content (AvgIpc) is 2.73. The quantitative estimate of drug-likeness (QED) is 0.938. The van der Waals surface area contributed by atoms with E-state index in [9.17, 15) is 0 Å². The molecular formula is C17H23N3O. The Morgan fingerprint density at radius 2 is 2.14 bits per heavy atom. The van der Waals surface area contributed by atoms with E-state index in [-0.39, 0.29) is 0 Å². The first-order valence-electron chi connectivity index (χ1n) is 7.58. The van der Waals surface area contributed by atoms with Crippen molar-refractivity contribution < 1.29 is 4.74 Å². The summed E-state index contributed by atoms with van der Waals surface area (Å²) in [4.78, 5) is 0. The number of rotatable bonds is 4. The van der Waals surface area contributed by atoms with E-state index in [1.165, 1.54) is 16.8 Å². The maximum atomic E-state index is 5.72. The van der Waals surface area contributed by atoms with Gasteiger partial charge in [0.05, 0.1) is 12.3 Å². The summed E-state index contributed by atoms with van der Waals surface area (Å²) in [5.74, 6) is 1.58. The van der Waals surface area contributed by atoms with Crippen molar-refractivity contribution in [1.82, 2.24) is 15.1 Å². The second-order valence-electron chi connectivity index (χ2n) is 5.78. The lowest BCUT2D eigenvalue weighted by atomic mass is 9.93. The van der Waals surface area contributed by atoms with Crippen LogP contribution in [0.2, 0.25) is 0 Å². The van der Waals surface area contributed by atoms with E-state index in [1.54, 1.807) is 0 Å². The van der Waals surface area contributed by atoms with Gasteiger partial charge in [0.25, 0.3) is 0 Å². The van der Waals surface area contributed by atoms with Gasteiger partial charge in [-0.1, -0.05) is 18.2 Å². The molecule has 2 heterocycles. The fourth-order valence-electron chi connectivity index (χ4n) is 3.07. The maximum Gasteiger partial charge on any atom is 0.122 e. The van der Waals surface area contributed by atoms with Crippen molar-refractivity contribution in [1.29, 1.82) is 0 Å². The lowest BCUT2D eigenvalue weighted by Crippen LogP contribution is -2.26. The maximum absolute atomic E-state index is 5.72. The Bertz CT molecular complexity index is 633. The summed E-state index contributed by atoms with van der Waals surface area (Å²) in [6.07, 6.45) is 1.08. The topological polar surface area (TPSA) is 39.1 Å². The molecule has 1 aromatic carbocycles. The molecule has 0 spiro atoms. The largest absolute Gasteiger partial charge is 0.493 e. The van der Waals surface area contributed by atoms with E-state index in [4.69, 9.17) is 4.74 Å². The third-order valence-corrected chi connectivity index (χ3v) is 4.43. The summed E-state index contributed by atoms with van der Waals surface area (Å²) in [7, 11) is 2.00. The summed E-state index contributed by atoms with van der Waals surface area (Å²) in [6.45, 7) is 6.88. The van der Waals surface area contributed by atoms with Crippen LogP contribution in [0.5, 0.6) is 5.75 Å². The third-order valence-electron chi connectivity index (χ3n) is 4.43. The zero-order valence-electron chi connectivity index (χ0n) is 13.0. The van der Waals surface area contributed by atoms with Gasteiger partial charge in [-0.3, -0.25) is 4.68 Å². The van der Waals surface area contributed by atoms with Crippen molar-refractivity contribution in [3.63, 3.8) is 0 Å². The van der Waals surface area contributed by atoms with Crippen molar-refractivity contribution in [2.24, 2.45) is 7.05 Å². The van der Waals surface area contributed by atoms with Gasteiger partial charge in [-0.2, -0.15) is 5.10 Å². The van der Waals surface area contributed by atoms with Crippen LogP contribution in [-0.2, 0) is 13.6 Å². The molecule has 0 saturated heterocycles. The van der Waals surface area contributed by atoms with Gasteiger partial charge in [-0.15, -0.1) is 0 Å². The van der Waals surface area contributed by atoms with Crippen LogP contribution in [0.3, 0.4) is 0 Å². The number of para-hydroxylation sites is 1. The van der Waals surface area contributed by atoms with Crippen LogP contribution in [0.4, 0.5) is 0 Å². The minimum atomic E-state index is 0.534. The number of nitrogens with zero attached hydrogens (tertiary/aromatic N) is 2. The van der Waals surface area contributed by atoms with Crippen molar-refractivity contribution in [2.75, 3.05) is 13.2 Å². The van der Waals surface area contributed by atoms with Gasteiger partial charge in [0, 0.05) is 37.3 Å². The predicted octanol–water partition coefficient (Wildman–Crippen LogP) is 2.69. The summed E-state index contributed by atoms with van der Waals surface area (Å²) in [5.41, 5.74) is 5.01. The summed E-state index contributed by atoms with van der Waals surface area (Å²) >= 11 is 0. The van der Waals surface area contributed by atoms with Crippen molar-refractivity contribution in [3.05, 3.63) is 46.8 Å². The Kier molecular flexibility index (Phi) is 3.97. The van der Waals surface area contributed by atoms with Gasteiger partial charge in [0.1, 0.15) is 5.75 Å². The number of aryl methyl sites for hydroxylation is 2. The highest BCUT2D eigenvalue weighted by Crippen LogP contribution is 2.32. The molecule has 1 unspecified atom stereocenters. The van der Waals surface area contributed by atoms with E-state index in [1.807, 2.05) is 17.8 Å². The molecule has 1 N–H and O–H groups in total. The monoisotopic (exact) mass is 285 g/mol. The normalized spacial score (nSPS) is 17.4. The van der Waals surface area contributed by atoms with E-state index in [0.29, 0.717) is 5.92 Å². The predicted molar refractivity (Wildman–Crippen MR) is 83.7 cm³/mol. The molecule has 21 heavy (non-hydrogen) atoms. The Morgan fingerprint density at radius 1 is 1.33 bits per heavy atom. The lowest BCUT2D eigenvalue weighted by molar-refractivity contribution is 0.264. The van der Waals surface area contributed by atoms with Crippen LogP contribution < -0.4 is 10.1 Å². The summed E-state index contributed by atoms with van der Waals surface area (Å²) in [5, 5.41) is 8.07. The molecule has 112 valence electrons. The highest BCUT2D eigenvalue weighted by molar-refractivity contribution is 5.38. The van der Waals surface area contributed by atoms with E-state index in [2.05, 4.69) is 42.5 Å². The molecule has 4 heteroatoms. The molecule has 1 aliphatic heterocycles. The molecular weight excluding hydrogens is 262 g/mol. The van der Waals surface area contributed by atoms with E-state index < -0.39 is 0 Å². The average molecular weight is 285 g/mol. The minimum absolute atomic E-state index is 0.534. The molecule has 3 rings (SSSR count). The number of benzene rings is 1. The van der Waals surface area contributed by atoms with Crippen LogP contribution >= 0.6 is 0 Å². The van der Waals surface area contributed by atoms with E-state index in [0.717, 1.165) is 37.6 Å². The van der Waals surface area contributed by atoms with Crippen LogP contribution in [0.1, 0.15) is 34.9 Å². The van der Waals surface area contributed by atoms with Crippen LogP contribution in [0.25, 0.3) is 0 Å². The van der Waals surface area contributed by atoms with Crippen LogP contribution in [0, 0.1) is 13.8 Å². The molecule has 0 radical (unpaired) electrons. The number of hydrogen-bond donors (Lipinski definition) is 1. The van der Waals surface area contributed by atoms with Gasteiger partial charge >= 0.3 is 0 Å². The van der Waals surface area contributed by atoms with Gasteiger partial charge in [0.2, 0.25) is 0 Å². The first kappa shape index (κ1) is 14.1. The molecule has 1 aromatic heterocycles. The zero-order chi connectivity index (χ0) is 14.8. The molecule has 4 nitrogen and oxygen atoms in total. The summed E-state index contributed by atoms with van der Waals surface area (Å²) < 4.78 is 7.67. The van der Waals surface area contributed by atoms with Crippen molar-refractivity contribution in [3.8, 4) is 5.75 Å². The number of hydrogen-bond acceptors (Lipinski definition) is 3. The van der Waals surface area contributed by atoms with Crippen molar-refractivity contribution in [2.45, 2.75) is 32.7 Å². The van der Waals surface area contributed by atoms with Crippen molar-refractivity contribution >= 4 is 0 Å². The standard InChI is InChI=1S/C17H23N3O/c1-12-16(13(2)20(3)19-12)11-18-10-14-8-9-21-17-7-5-4-6-15(14)17/h4-7,14,18H,8-11H2,1-3H3. The number of nitrogens with one attached hydrogen (secondary N) is 1. The zero-order valence-corrected chi connectivity index (χ0v) is 13.0. The highest BCUT2D eigenvalue weighted by atomic mass is 16.5. The fourth-order valence-corrected chi connectivity index (χ4v) is 3.07. The van der Waals surface area contributed by atoms with Crippen LogP contribution in [-0.4, -0.2) is 22.9 Å². The molecule has 1 aliphatic rings. The molecule has 0 saturated carbocycles. The molecule has 0 fully saturated rings. The molecule has 0 aliphatic carbocycles. The second-order valence-corrected chi connectivity index (χ2v) is 5.78. The number of fused-ring (bicyclic) bond motifs is 1. The third kappa shape index (κ3) is 2.81. The molecule has 1 atom stereocenters. The Hall–Kier alpha value is -1.81. The molecule has 0 bridgehead atoms. The van der Waals surface area contributed by atoms with Gasteiger partial charge < -0.3 is 10.1 Å². The van der Waals surface area contributed by atoms with Gasteiger partial charge in [0.15, 0.2) is 0 Å². The van der Waals surface area contributed by atoms with E-state index >= 15 is 0 Å². The Balaban J connectivity index is 1.64. The smallest absolute Gasteiger partial charge is 0.122 e. The second kappa shape index (κ2) is 5.90. The van der Waals surface area contributed by atoms with Crippen LogP contribution in [0.15, 0.2) is 24.3 Å². The Morgan fingerprint density at radius 3 is 2.90 bits per heavy atom. The minimum Gasteiger partial charge on any atom is -0.493 e. The lowest BCUT2D eigenvalue weighted by Gasteiger charge is -2.26. The molecule has 0 amide bonds. The van der Waals surface area contributed by atoms with Gasteiger partial charge in [-0.05, 0) is 31.9 Å². The number of aromatic nitrogens is 2. The summed E-state index contributed by atoms with van der Waals surface area (Å²) in [6, 6.07) is 8.38.